The van der Waals surface area contributed by atoms with Crippen LogP contribution in [-0.2, 0) is 11.2 Å². The zero-order valence-electron chi connectivity index (χ0n) is 16.6. The first kappa shape index (κ1) is 19.7. The van der Waals surface area contributed by atoms with E-state index in [1.54, 1.807) is 0 Å². The van der Waals surface area contributed by atoms with Gasteiger partial charge in [0.2, 0.25) is 5.91 Å². The summed E-state index contributed by atoms with van der Waals surface area (Å²) in [4.78, 5) is 24.6. The Balaban J connectivity index is 1.44. The van der Waals surface area contributed by atoms with Crippen molar-refractivity contribution in [3.8, 4) is 0 Å². The second-order valence-corrected chi connectivity index (χ2v) is 6.76. The molecule has 1 aromatic carbocycles. The SMILES string of the molecule is CN=C(NCCc1ccc(NC(C)=O)cc1)N1CCN(c2ccccn2)CC1. The molecule has 1 aliphatic rings. The van der Waals surface area contributed by atoms with Crippen LogP contribution in [0.25, 0.3) is 0 Å². The topological polar surface area (TPSA) is 72.9 Å². The van der Waals surface area contributed by atoms with Gasteiger partial charge in [-0.05, 0) is 36.2 Å². The Bertz CT molecular complexity index is 782. The Morgan fingerprint density at radius 3 is 2.46 bits per heavy atom. The molecule has 1 fully saturated rings. The number of nitrogens with zero attached hydrogens (tertiary/aromatic N) is 4. The molecule has 1 aromatic heterocycles. The molecule has 0 radical (unpaired) electrons. The fourth-order valence-corrected chi connectivity index (χ4v) is 3.30. The second-order valence-electron chi connectivity index (χ2n) is 6.76. The van der Waals surface area contributed by atoms with Crippen LogP contribution in [-0.4, -0.2) is 61.5 Å². The van der Waals surface area contributed by atoms with Crippen molar-refractivity contribution in [1.29, 1.82) is 0 Å². The van der Waals surface area contributed by atoms with Gasteiger partial charge in [0.05, 0.1) is 0 Å². The Hall–Kier alpha value is -3.09. The van der Waals surface area contributed by atoms with Crippen molar-refractivity contribution in [2.45, 2.75) is 13.3 Å². The smallest absolute Gasteiger partial charge is 0.221 e. The van der Waals surface area contributed by atoms with Gasteiger partial charge in [0.1, 0.15) is 5.82 Å². The number of aliphatic imine (C=N–C) groups is 1. The first-order valence-electron chi connectivity index (χ1n) is 9.64. The molecule has 7 heteroatoms. The van der Waals surface area contributed by atoms with E-state index in [0.717, 1.165) is 56.6 Å². The van der Waals surface area contributed by atoms with Crippen molar-refractivity contribution in [3.05, 3.63) is 54.2 Å². The number of guanidine groups is 1. The Morgan fingerprint density at radius 1 is 1.11 bits per heavy atom. The Morgan fingerprint density at radius 2 is 1.86 bits per heavy atom. The van der Waals surface area contributed by atoms with Crippen LogP contribution in [0.1, 0.15) is 12.5 Å². The van der Waals surface area contributed by atoms with Gasteiger partial charge in [-0.2, -0.15) is 0 Å². The number of piperazine rings is 1. The molecule has 2 aromatic rings. The van der Waals surface area contributed by atoms with Crippen LogP contribution >= 0.6 is 0 Å². The summed E-state index contributed by atoms with van der Waals surface area (Å²) in [6.45, 7) is 6.03. The number of anilines is 2. The third-order valence-corrected chi connectivity index (χ3v) is 4.74. The molecule has 1 aliphatic heterocycles. The van der Waals surface area contributed by atoms with E-state index >= 15 is 0 Å². The van der Waals surface area contributed by atoms with Gasteiger partial charge >= 0.3 is 0 Å². The summed E-state index contributed by atoms with van der Waals surface area (Å²) in [6, 6.07) is 14.0. The summed E-state index contributed by atoms with van der Waals surface area (Å²) in [5.41, 5.74) is 2.04. The molecule has 0 unspecified atom stereocenters. The van der Waals surface area contributed by atoms with Crippen LogP contribution in [0.2, 0.25) is 0 Å². The molecule has 0 aliphatic carbocycles. The lowest BCUT2D eigenvalue weighted by Crippen LogP contribution is -2.53. The quantitative estimate of drug-likeness (QED) is 0.613. The molecule has 0 atom stereocenters. The van der Waals surface area contributed by atoms with E-state index in [9.17, 15) is 4.79 Å². The van der Waals surface area contributed by atoms with Gasteiger partial charge in [-0.25, -0.2) is 4.98 Å². The lowest BCUT2D eigenvalue weighted by molar-refractivity contribution is -0.114. The van der Waals surface area contributed by atoms with Crippen molar-refractivity contribution in [1.82, 2.24) is 15.2 Å². The van der Waals surface area contributed by atoms with Crippen LogP contribution in [0.5, 0.6) is 0 Å². The lowest BCUT2D eigenvalue weighted by atomic mass is 10.1. The molecule has 0 saturated carbocycles. The molecule has 0 spiro atoms. The fourth-order valence-electron chi connectivity index (χ4n) is 3.30. The Labute approximate surface area is 166 Å². The van der Waals surface area contributed by atoms with E-state index in [2.05, 4.69) is 36.5 Å². The maximum atomic E-state index is 11.1. The molecule has 1 amide bonds. The van der Waals surface area contributed by atoms with Gasteiger partial charge in [0, 0.05) is 58.6 Å². The normalized spacial score (nSPS) is 14.7. The highest BCUT2D eigenvalue weighted by Gasteiger charge is 2.20. The van der Waals surface area contributed by atoms with E-state index in [0.29, 0.717) is 0 Å². The molecule has 28 heavy (non-hydrogen) atoms. The monoisotopic (exact) mass is 380 g/mol. The minimum Gasteiger partial charge on any atom is -0.356 e. The number of benzene rings is 1. The number of aromatic nitrogens is 1. The number of hydrogen-bond donors (Lipinski definition) is 2. The molecular weight excluding hydrogens is 352 g/mol. The summed E-state index contributed by atoms with van der Waals surface area (Å²) >= 11 is 0. The van der Waals surface area contributed by atoms with Crippen molar-refractivity contribution < 1.29 is 4.79 Å². The van der Waals surface area contributed by atoms with Crippen molar-refractivity contribution in [2.75, 3.05) is 50.0 Å². The lowest BCUT2D eigenvalue weighted by Gasteiger charge is -2.37. The van der Waals surface area contributed by atoms with Crippen molar-refractivity contribution in [2.24, 2.45) is 4.99 Å². The molecule has 148 valence electrons. The average Bonchev–Trinajstić information content (AvgIpc) is 2.73. The summed E-state index contributed by atoms with van der Waals surface area (Å²) < 4.78 is 0. The number of nitrogens with one attached hydrogen (secondary N) is 2. The molecule has 2 heterocycles. The Kier molecular flexibility index (Phi) is 6.84. The number of carbonyl (C=O) groups excluding carboxylic acids is 1. The number of carbonyl (C=O) groups is 1. The third kappa shape index (κ3) is 5.45. The van der Waals surface area contributed by atoms with Gasteiger partial charge in [0.15, 0.2) is 5.96 Å². The molecular formula is C21H28N6O. The molecule has 1 saturated heterocycles. The summed E-state index contributed by atoms with van der Waals surface area (Å²) in [6.07, 6.45) is 2.73. The highest BCUT2D eigenvalue weighted by Crippen LogP contribution is 2.13. The largest absolute Gasteiger partial charge is 0.356 e. The van der Waals surface area contributed by atoms with E-state index in [1.807, 2.05) is 49.6 Å². The van der Waals surface area contributed by atoms with E-state index < -0.39 is 0 Å². The fraction of sp³-hybridized carbons (Fsp3) is 0.381. The maximum absolute atomic E-state index is 11.1. The summed E-state index contributed by atoms with van der Waals surface area (Å²) in [7, 11) is 1.83. The first-order chi connectivity index (χ1) is 13.7. The van der Waals surface area contributed by atoms with Crippen molar-refractivity contribution in [3.63, 3.8) is 0 Å². The van der Waals surface area contributed by atoms with Gasteiger partial charge < -0.3 is 20.4 Å². The van der Waals surface area contributed by atoms with Crippen LogP contribution in [0.15, 0.2) is 53.7 Å². The van der Waals surface area contributed by atoms with Crippen molar-refractivity contribution >= 4 is 23.4 Å². The van der Waals surface area contributed by atoms with Gasteiger partial charge in [-0.3, -0.25) is 9.79 Å². The predicted molar refractivity (Wildman–Crippen MR) is 114 cm³/mol. The number of amides is 1. The average molecular weight is 380 g/mol. The van der Waals surface area contributed by atoms with Crippen LogP contribution in [0.3, 0.4) is 0 Å². The third-order valence-electron chi connectivity index (χ3n) is 4.74. The minimum atomic E-state index is -0.0543. The number of pyridine rings is 1. The first-order valence-corrected chi connectivity index (χ1v) is 9.64. The van der Waals surface area contributed by atoms with E-state index in [-0.39, 0.29) is 5.91 Å². The second kappa shape index (κ2) is 9.73. The van der Waals surface area contributed by atoms with E-state index in [4.69, 9.17) is 0 Å². The molecule has 0 bridgehead atoms. The van der Waals surface area contributed by atoms with Gasteiger partial charge in [-0.1, -0.05) is 18.2 Å². The molecule has 7 nitrogen and oxygen atoms in total. The zero-order chi connectivity index (χ0) is 19.8. The summed E-state index contributed by atoms with van der Waals surface area (Å²) in [5.74, 6) is 1.92. The predicted octanol–water partition coefficient (Wildman–Crippen LogP) is 1.98. The summed E-state index contributed by atoms with van der Waals surface area (Å²) in [5, 5.41) is 6.25. The van der Waals surface area contributed by atoms with E-state index in [1.165, 1.54) is 12.5 Å². The van der Waals surface area contributed by atoms with Crippen LogP contribution in [0, 0.1) is 0 Å². The minimum absolute atomic E-state index is 0.0543. The van der Waals surface area contributed by atoms with Gasteiger partial charge in [0.25, 0.3) is 0 Å². The highest BCUT2D eigenvalue weighted by atomic mass is 16.1. The van der Waals surface area contributed by atoms with Crippen LogP contribution in [0.4, 0.5) is 11.5 Å². The number of hydrogen-bond acceptors (Lipinski definition) is 4. The molecule has 3 rings (SSSR count). The molecule has 2 N–H and O–H groups in total. The van der Waals surface area contributed by atoms with Gasteiger partial charge in [-0.15, -0.1) is 0 Å². The maximum Gasteiger partial charge on any atom is 0.221 e. The highest BCUT2D eigenvalue weighted by molar-refractivity contribution is 5.88. The standard InChI is InChI=1S/C21H28N6O/c1-17(28)25-19-8-6-18(7-9-19)10-12-24-21(22-2)27-15-13-26(14-16-27)20-5-3-4-11-23-20/h3-9,11H,10,12-16H2,1-2H3,(H,22,24)(H,25,28). The zero-order valence-corrected chi connectivity index (χ0v) is 16.6. The van der Waals surface area contributed by atoms with Crippen LogP contribution < -0.4 is 15.5 Å². The number of rotatable bonds is 5.